The van der Waals surface area contributed by atoms with Gasteiger partial charge in [0.05, 0.1) is 19.3 Å². The van der Waals surface area contributed by atoms with Crippen molar-refractivity contribution >= 4 is 14.7 Å². The van der Waals surface area contributed by atoms with Crippen LogP contribution in [-0.4, -0.2) is 28.3 Å². The van der Waals surface area contributed by atoms with Gasteiger partial charge in [0, 0.05) is 5.69 Å². The molecule has 0 amide bonds. The summed E-state index contributed by atoms with van der Waals surface area (Å²) in [4.78, 5) is 0. The van der Waals surface area contributed by atoms with Gasteiger partial charge in [0.15, 0.2) is 9.04 Å². The molecule has 2 aromatic carbocycles. The first-order valence-electron chi connectivity index (χ1n) is 11.7. The van der Waals surface area contributed by atoms with E-state index in [1.807, 2.05) is 54.6 Å². The summed E-state index contributed by atoms with van der Waals surface area (Å²) in [7, 11) is 0.400. The third-order valence-corrected chi connectivity index (χ3v) is 6.65. The monoisotopic (exact) mass is 457 g/mol. The predicted octanol–water partition coefficient (Wildman–Crippen LogP) is 7.16. The normalized spacial score (nSPS) is 14.3. The van der Waals surface area contributed by atoms with Crippen LogP contribution in [0, 0.1) is 5.41 Å². The lowest BCUT2D eigenvalue weighted by Crippen LogP contribution is -2.35. The highest BCUT2D eigenvalue weighted by Gasteiger charge is 2.30. The Morgan fingerprint density at radius 1 is 1.09 bits per heavy atom. The van der Waals surface area contributed by atoms with Crippen LogP contribution in [0.5, 0.6) is 5.75 Å². The Balaban J connectivity index is 2.23. The maximum atomic E-state index is 15.6. The molecule has 3 nitrogen and oxygen atoms in total. The molecule has 0 aliphatic carbocycles. The fraction of sp³-hybridized carbons (Fsp3) is 0.481. The molecule has 176 valence electrons. The van der Waals surface area contributed by atoms with E-state index in [1.165, 1.54) is 0 Å². The van der Waals surface area contributed by atoms with Crippen LogP contribution in [0.3, 0.4) is 0 Å². The Bertz CT molecular complexity index is 821. The summed E-state index contributed by atoms with van der Waals surface area (Å²) in [6.45, 7) is 11.0. The molecule has 2 aromatic rings. The highest BCUT2D eigenvalue weighted by atomic mass is 28.3. The zero-order chi connectivity index (χ0) is 23.6. The van der Waals surface area contributed by atoms with Gasteiger partial charge < -0.3 is 14.5 Å². The van der Waals surface area contributed by atoms with Crippen molar-refractivity contribution in [3.63, 3.8) is 0 Å². The van der Waals surface area contributed by atoms with Gasteiger partial charge in [0.25, 0.3) is 0 Å². The highest BCUT2D eigenvalue weighted by molar-refractivity contribution is 6.48. The molecule has 2 rings (SSSR count). The number of anilines is 1. The zero-order valence-electron chi connectivity index (χ0n) is 20.5. The van der Waals surface area contributed by atoms with E-state index in [0.29, 0.717) is 12.8 Å². The van der Waals surface area contributed by atoms with Crippen LogP contribution in [0.4, 0.5) is 10.1 Å². The third-order valence-electron chi connectivity index (χ3n) is 5.78. The van der Waals surface area contributed by atoms with Crippen LogP contribution in [0.15, 0.2) is 66.5 Å². The Hall–Kier alpha value is -2.11. The van der Waals surface area contributed by atoms with Crippen LogP contribution in [0.25, 0.3) is 0 Å². The molecule has 0 radical (unpaired) electrons. The van der Waals surface area contributed by atoms with Gasteiger partial charge in [-0.25, -0.2) is 4.39 Å². The van der Waals surface area contributed by atoms with E-state index < -0.39 is 15.1 Å². The van der Waals surface area contributed by atoms with Crippen LogP contribution < -0.4 is 10.1 Å². The predicted molar refractivity (Wildman–Crippen MR) is 137 cm³/mol. The van der Waals surface area contributed by atoms with Crippen molar-refractivity contribution in [3.8, 4) is 5.75 Å². The first-order valence-corrected chi connectivity index (χ1v) is 14.5. The first kappa shape index (κ1) is 26.1. The number of benzene rings is 2. The molecule has 2 atom stereocenters. The van der Waals surface area contributed by atoms with E-state index in [0.717, 1.165) is 29.8 Å². The standard InChI is InChI=1S/C27H40FNO2Si/c1-7-19-27(2,3)26(31-32(5)6)18-17-24(28)25(20-21-11-9-8-10-12-21)29-22-13-15-23(30-4)16-14-22/h8-17,25-26,29,32H,7,18-20H2,1-6H3/b24-17+. The molecular formula is C27H40FNO2Si. The van der Waals surface area contributed by atoms with Crippen LogP contribution in [0.2, 0.25) is 13.1 Å². The minimum atomic E-state index is -1.24. The molecule has 0 spiro atoms. The minimum absolute atomic E-state index is 0.0150. The van der Waals surface area contributed by atoms with Crippen molar-refractivity contribution in [1.82, 2.24) is 0 Å². The third kappa shape index (κ3) is 8.44. The Morgan fingerprint density at radius 3 is 2.31 bits per heavy atom. The summed E-state index contributed by atoms with van der Waals surface area (Å²) in [5, 5.41) is 3.38. The smallest absolute Gasteiger partial charge is 0.171 e. The molecule has 0 bridgehead atoms. The highest BCUT2D eigenvalue weighted by Crippen LogP contribution is 2.32. The molecule has 1 N–H and O–H groups in total. The van der Waals surface area contributed by atoms with E-state index in [4.69, 9.17) is 9.16 Å². The van der Waals surface area contributed by atoms with E-state index in [1.54, 1.807) is 13.2 Å². The van der Waals surface area contributed by atoms with Crippen molar-refractivity contribution in [2.24, 2.45) is 5.41 Å². The van der Waals surface area contributed by atoms with E-state index in [-0.39, 0.29) is 17.3 Å². The van der Waals surface area contributed by atoms with Crippen LogP contribution >= 0.6 is 0 Å². The van der Waals surface area contributed by atoms with E-state index in [9.17, 15) is 0 Å². The fourth-order valence-corrected chi connectivity index (χ4v) is 5.15. The van der Waals surface area contributed by atoms with Crippen molar-refractivity contribution in [1.29, 1.82) is 0 Å². The number of rotatable bonds is 13. The van der Waals surface area contributed by atoms with Crippen LogP contribution in [0.1, 0.15) is 45.6 Å². The molecule has 0 aliphatic rings. The molecule has 0 saturated heterocycles. The summed E-state index contributed by atoms with van der Waals surface area (Å²) < 4.78 is 27.2. The van der Waals surface area contributed by atoms with Gasteiger partial charge in [-0.3, -0.25) is 0 Å². The summed E-state index contributed by atoms with van der Waals surface area (Å²) >= 11 is 0. The molecular weight excluding hydrogens is 417 g/mol. The average molecular weight is 458 g/mol. The summed E-state index contributed by atoms with van der Waals surface area (Å²) in [5.74, 6) is 0.637. The quantitative estimate of drug-likeness (QED) is 0.324. The van der Waals surface area contributed by atoms with Gasteiger partial charge in [-0.1, -0.05) is 57.5 Å². The van der Waals surface area contributed by atoms with Crippen molar-refractivity contribution in [3.05, 3.63) is 72.1 Å². The van der Waals surface area contributed by atoms with Gasteiger partial charge in [-0.2, -0.15) is 0 Å². The minimum Gasteiger partial charge on any atom is -0.497 e. The maximum absolute atomic E-state index is 15.6. The van der Waals surface area contributed by atoms with Crippen LogP contribution in [-0.2, 0) is 10.8 Å². The fourth-order valence-electron chi connectivity index (χ4n) is 4.01. The Kier molecular flexibility index (Phi) is 10.5. The summed E-state index contributed by atoms with van der Waals surface area (Å²) in [6, 6.07) is 17.2. The second-order valence-electron chi connectivity index (χ2n) is 9.35. The van der Waals surface area contributed by atoms with Crippen molar-refractivity contribution in [2.45, 2.75) is 71.7 Å². The zero-order valence-corrected chi connectivity index (χ0v) is 21.7. The average Bonchev–Trinajstić information content (AvgIpc) is 2.76. The SMILES string of the molecule is CCCC(C)(C)C(C/C=C(/F)C(Cc1ccccc1)Nc1ccc(OC)cc1)O[SiH](C)C. The molecule has 5 heteroatoms. The first-order chi connectivity index (χ1) is 15.2. The second-order valence-corrected chi connectivity index (χ2v) is 11.7. The maximum Gasteiger partial charge on any atom is 0.171 e. The number of ether oxygens (including phenoxy) is 1. The van der Waals surface area contributed by atoms with Gasteiger partial charge in [0.2, 0.25) is 0 Å². The van der Waals surface area contributed by atoms with Gasteiger partial charge in [0.1, 0.15) is 11.6 Å². The second kappa shape index (κ2) is 12.8. The Labute approximate surface area is 195 Å². The lowest BCUT2D eigenvalue weighted by Gasteiger charge is -2.35. The lowest BCUT2D eigenvalue weighted by molar-refractivity contribution is 0.0669. The number of methoxy groups -OCH3 is 1. The van der Waals surface area contributed by atoms with Gasteiger partial charge >= 0.3 is 0 Å². The number of halogens is 1. The molecule has 32 heavy (non-hydrogen) atoms. The lowest BCUT2D eigenvalue weighted by atomic mass is 9.80. The number of nitrogens with one attached hydrogen (secondary N) is 1. The summed E-state index contributed by atoms with van der Waals surface area (Å²) in [6.07, 6.45) is 5.07. The molecule has 0 heterocycles. The summed E-state index contributed by atoms with van der Waals surface area (Å²) in [5.41, 5.74) is 1.97. The molecule has 2 unspecified atom stereocenters. The molecule has 0 fully saturated rings. The van der Waals surface area contributed by atoms with E-state index in [2.05, 4.69) is 39.2 Å². The topological polar surface area (TPSA) is 30.5 Å². The molecule has 0 saturated carbocycles. The number of hydrogen-bond donors (Lipinski definition) is 1. The number of hydrogen-bond acceptors (Lipinski definition) is 3. The van der Waals surface area contributed by atoms with Gasteiger partial charge in [-0.15, -0.1) is 0 Å². The Morgan fingerprint density at radius 2 is 1.75 bits per heavy atom. The van der Waals surface area contributed by atoms with Gasteiger partial charge in [-0.05, 0) is 73.7 Å². The van der Waals surface area contributed by atoms with Crippen molar-refractivity contribution < 1.29 is 13.6 Å². The van der Waals surface area contributed by atoms with Crippen molar-refractivity contribution in [2.75, 3.05) is 12.4 Å². The largest absolute Gasteiger partial charge is 0.497 e. The van der Waals surface area contributed by atoms with E-state index >= 15 is 4.39 Å². The molecule has 0 aliphatic heterocycles. The molecule has 0 aromatic heterocycles.